The topological polar surface area (TPSA) is 124 Å². The lowest BCUT2D eigenvalue weighted by Crippen LogP contribution is -2.33. The molecule has 0 spiro atoms. The molecule has 196 valence electrons. The van der Waals surface area contributed by atoms with Gasteiger partial charge in [0.05, 0.1) is 28.1 Å². The Labute approximate surface area is 225 Å². The molecule has 0 aromatic heterocycles. The van der Waals surface area contributed by atoms with Gasteiger partial charge in [-0.1, -0.05) is 57.5 Å². The second-order valence-corrected chi connectivity index (χ2v) is 10.2. The van der Waals surface area contributed by atoms with E-state index < -0.39 is 17.8 Å². The first-order valence-electron chi connectivity index (χ1n) is 12.0. The maximum atomic E-state index is 13.6. The van der Waals surface area contributed by atoms with Gasteiger partial charge >= 0.3 is 5.97 Å². The van der Waals surface area contributed by atoms with Crippen LogP contribution in [-0.2, 0) is 4.79 Å². The number of phenolic OH excluding ortho intramolecular Hbond substituents is 1. The molecule has 9 heteroatoms. The third-order valence-electron chi connectivity index (χ3n) is 6.46. The van der Waals surface area contributed by atoms with Crippen LogP contribution < -0.4 is 10.7 Å². The van der Waals surface area contributed by atoms with E-state index in [4.69, 9.17) is 17.4 Å². The summed E-state index contributed by atoms with van der Waals surface area (Å²) in [6.45, 7) is 7.81. The van der Waals surface area contributed by atoms with Crippen molar-refractivity contribution in [3.05, 3.63) is 93.6 Å². The van der Waals surface area contributed by atoms with E-state index in [1.807, 2.05) is 33.8 Å². The fourth-order valence-corrected chi connectivity index (χ4v) is 4.54. The van der Waals surface area contributed by atoms with E-state index in [0.29, 0.717) is 27.5 Å². The molecule has 0 aliphatic carbocycles. The number of hydrazine groups is 1. The minimum Gasteiger partial charge on any atom is -0.507 e. The molecule has 0 bridgehead atoms. The summed E-state index contributed by atoms with van der Waals surface area (Å²) in [5, 5.41) is 21.4. The van der Waals surface area contributed by atoms with Gasteiger partial charge < -0.3 is 10.2 Å². The fourth-order valence-electron chi connectivity index (χ4n) is 4.38. The number of carboxylic acid groups (broad SMARTS) is 1. The Morgan fingerprint density at radius 2 is 1.74 bits per heavy atom. The van der Waals surface area contributed by atoms with E-state index in [9.17, 15) is 24.6 Å². The van der Waals surface area contributed by atoms with Crippen LogP contribution in [0.2, 0.25) is 5.02 Å². The molecular weight excluding hydrogens is 506 g/mol. The van der Waals surface area contributed by atoms with Crippen molar-refractivity contribution in [1.82, 2.24) is 5.01 Å². The molecule has 0 fully saturated rings. The maximum absolute atomic E-state index is 13.6. The number of anilines is 2. The van der Waals surface area contributed by atoms with E-state index in [2.05, 4.69) is 0 Å². The van der Waals surface area contributed by atoms with E-state index in [0.717, 1.165) is 10.6 Å². The molecule has 0 atom stereocenters. The zero-order chi connectivity index (χ0) is 27.9. The average molecular weight is 534 g/mol. The Bertz CT molecular complexity index is 1500. The van der Waals surface area contributed by atoms with Crippen LogP contribution in [0.5, 0.6) is 5.75 Å². The highest BCUT2D eigenvalue weighted by Gasteiger charge is 2.35. The summed E-state index contributed by atoms with van der Waals surface area (Å²) in [6.07, 6.45) is 1.22. The van der Waals surface area contributed by atoms with Gasteiger partial charge in [0, 0.05) is 16.8 Å². The fraction of sp³-hybridized carbons (Fsp3) is 0.207. The molecule has 3 aromatic carbocycles. The molecule has 1 aliphatic rings. The molecule has 2 amide bonds. The molecule has 0 radical (unpaired) electrons. The average Bonchev–Trinajstić information content (AvgIpc) is 3.13. The van der Waals surface area contributed by atoms with Crippen LogP contribution in [-0.4, -0.2) is 33.0 Å². The van der Waals surface area contributed by atoms with Crippen molar-refractivity contribution in [2.75, 3.05) is 4.90 Å². The van der Waals surface area contributed by atoms with Crippen molar-refractivity contribution in [3.8, 4) is 5.75 Å². The molecule has 4 rings (SSSR count). The Morgan fingerprint density at radius 3 is 2.37 bits per heavy atom. The Hall–Kier alpha value is -4.14. The molecule has 38 heavy (non-hydrogen) atoms. The van der Waals surface area contributed by atoms with Gasteiger partial charge in [-0.3, -0.25) is 19.5 Å². The van der Waals surface area contributed by atoms with Crippen molar-refractivity contribution in [1.29, 1.82) is 0 Å². The molecule has 0 saturated heterocycles. The van der Waals surface area contributed by atoms with E-state index in [-0.39, 0.29) is 34.3 Å². The molecule has 8 nitrogen and oxygen atoms in total. The number of carboxylic acids is 1. The molecule has 0 unspecified atom stereocenters. The Balaban J connectivity index is 1.79. The van der Waals surface area contributed by atoms with Gasteiger partial charge in [-0.05, 0) is 59.4 Å². The van der Waals surface area contributed by atoms with Gasteiger partial charge in [0.25, 0.3) is 11.8 Å². The van der Waals surface area contributed by atoms with Crippen LogP contribution in [0, 0.1) is 0 Å². The zero-order valence-corrected chi connectivity index (χ0v) is 22.2. The smallest absolute Gasteiger partial charge is 0.335 e. The Kier molecular flexibility index (Phi) is 7.31. The highest BCUT2D eigenvalue weighted by molar-refractivity contribution is 6.37. The minimum atomic E-state index is -1.14. The lowest BCUT2D eigenvalue weighted by atomic mass is 9.91. The lowest BCUT2D eigenvalue weighted by Gasteiger charge is -2.20. The SMILES string of the molecule is CC(C)c1cc(C(=O)N(N)/C=C2/C(=O)N(c3cccc(C(=O)O)c3)c3cc(Cl)ccc32)c(O)c(C(C)C)c1. The van der Waals surface area contributed by atoms with Crippen molar-refractivity contribution in [3.63, 3.8) is 0 Å². The van der Waals surface area contributed by atoms with Crippen molar-refractivity contribution in [2.45, 2.75) is 39.5 Å². The highest BCUT2D eigenvalue weighted by atomic mass is 35.5. The number of nitrogens with two attached hydrogens (primary N) is 1. The predicted molar refractivity (Wildman–Crippen MR) is 147 cm³/mol. The lowest BCUT2D eigenvalue weighted by molar-refractivity contribution is -0.112. The molecule has 1 heterocycles. The second-order valence-electron chi connectivity index (χ2n) is 9.73. The van der Waals surface area contributed by atoms with Gasteiger partial charge in [0.1, 0.15) is 5.75 Å². The number of phenols is 1. The molecular formula is C29H28ClN3O5. The number of rotatable bonds is 6. The summed E-state index contributed by atoms with van der Waals surface area (Å²) in [5.41, 5.74) is 2.85. The van der Waals surface area contributed by atoms with Gasteiger partial charge in [0.15, 0.2) is 0 Å². The monoisotopic (exact) mass is 533 g/mol. The van der Waals surface area contributed by atoms with Crippen LogP contribution in [0.3, 0.4) is 0 Å². The molecule has 3 aromatic rings. The largest absolute Gasteiger partial charge is 0.507 e. The number of aromatic carboxylic acids is 1. The summed E-state index contributed by atoms with van der Waals surface area (Å²) in [4.78, 5) is 39.9. The number of fused-ring (bicyclic) bond motifs is 1. The van der Waals surface area contributed by atoms with Crippen molar-refractivity contribution in [2.24, 2.45) is 5.84 Å². The number of hydrogen-bond donors (Lipinski definition) is 3. The molecule has 4 N–H and O–H groups in total. The Morgan fingerprint density at radius 1 is 1.03 bits per heavy atom. The molecule has 0 saturated carbocycles. The highest BCUT2D eigenvalue weighted by Crippen LogP contribution is 2.43. The zero-order valence-electron chi connectivity index (χ0n) is 21.4. The van der Waals surface area contributed by atoms with Gasteiger partial charge in [0.2, 0.25) is 0 Å². The third-order valence-corrected chi connectivity index (χ3v) is 6.69. The summed E-state index contributed by atoms with van der Waals surface area (Å²) < 4.78 is 0. The minimum absolute atomic E-state index is 0.00778. The normalized spacial score (nSPS) is 13.9. The van der Waals surface area contributed by atoms with Gasteiger partial charge in [-0.2, -0.15) is 0 Å². The van der Waals surface area contributed by atoms with Crippen molar-refractivity contribution < 1.29 is 24.6 Å². The van der Waals surface area contributed by atoms with E-state index in [1.54, 1.807) is 30.3 Å². The quantitative estimate of drug-likeness (QED) is 0.154. The molecule has 1 aliphatic heterocycles. The number of halogens is 1. The van der Waals surface area contributed by atoms with Gasteiger partial charge in [-0.25, -0.2) is 10.6 Å². The summed E-state index contributed by atoms with van der Waals surface area (Å²) in [6, 6.07) is 14.2. The number of aromatic hydroxyl groups is 1. The number of hydrogen-bond acceptors (Lipinski definition) is 5. The van der Waals surface area contributed by atoms with Crippen LogP contribution in [0.15, 0.2) is 60.8 Å². The van der Waals surface area contributed by atoms with Gasteiger partial charge in [-0.15, -0.1) is 0 Å². The first-order valence-corrected chi connectivity index (χ1v) is 12.4. The predicted octanol–water partition coefficient (Wildman–Crippen LogP) is 6.03. The number of benzene rings is 3. The second kappa shape index (κ2) is 10.3. The number of amides is 2. The van der Waals surface area contributed by atoms with Crippen molar-refractivity contribution >= 4 is 46.3 Å². The van der Waals surface area contributed by atoms with Crippen LogP contribution in [0.25, 0.3) is 5.57 Å². The van der Waals surface area contributed by atoms with Crippen LogP contribution in [0.4, 0.5) is 11.4 Å². The van der Waals surface area contributed by atoms with Crippen LogP contribution in [0.1, 0.15) is 76.9 Å². The van der Waals surface area contributed by atoms with E-state index in [1.165, 1.54) is 29.3 Å². The first kappa shape index (κ1) is 26.9. The summed E-state index contributed by atoms with van der Waals surface area (Å²) in [7, 11) is 0. The number of carbonyl (C=O) groups is 3. The standard InChI is InChI=1S/C29H28ClN3O5/c1-15(2)18-11-22(16(3)4)26(34)23(12-18)27(35)32(31)14-24-21-9-8-19(30)13-25(21)33(28(24)36)20-7-5-6-17(10-20)29(37)38/h5-16,34H,31H2,1-4H3,(H,37,38)/b24-14+. The third kappa shape index (κ3) is 4.88. The maximum Gasteiger partial charge on any atom is 0.335 e. The number of carbonyl (C=O) groups excluding carboxylic acids is 2. The van der Waals surface area contributed by atoms with Crippen LogP contribution >= 0.6 is 11.6 Å². The summed E-state index contributed by atoms with van der Waals surface area (Å²) in [5.74, 6) is 3.75. The summed E-state index contributed by atoms with van der Waals surface area (Å²) >= 11 is 6.22. The first-order chi connectivity index (χ1) is 17.9. The van der Waals surface area contributed by atoms with E-state index >= 15 is 0 Å². The number of nitrogens with zero attached hydrogens (tertiary/aromatic N) is 2.